The number of hydrogen-bond acceptors (Lipinski definition) is 3. The molecular weight excluding hydrogens is 368 g/mol. The summed E-state index contributed by atoms with van der Waals surface area (Å²) in [7, 11) is 0. The Morgan fingerprint density at radius 3 is 1.83 bits per heavy atom. The fourth-order valence-electron chi connectivity index (χ4n) is 3.02. The second-order valence-electron chi connectivity index (χ2n) is 6.71. The normalized spacial score (nSPS) is 10.3. The van der Waals surface area contributed by atoms with Gasteiger partial charge >= 0.3 is 5.97 Å². The van der Waals surface area contributed by atoms with E-state index in [-0.39, 0.29) is 17.0 Å². The number of aryl methyl sites for hydroxylation is 2. The largest absolute Gasteiger partial charge is 0.478 e. The van der Waals surface area contributed by atoms with Crippen LogP contribution in [-0.2, 0) is 0 Å². The number of hydrogen-bond donors (Lipinski definition) is 3. The Labute approximate surface area is 168 Å². The molecule has 2 amide bonds. The van der Waals surface area contributed by atoms with Crippen LogP contribution in [0.1, 0.15) is 42.2 Å². The van der Waals surface area contributed by atoms with Crippen LogP contribution in [0.5, 0.6) is 0 Å². The van der Waals surface area contributed by atoms with E-state index in [1.165, 1.54) is 12.1 Å². The molecule has 0 heterocycles. The highest BCUT2D eigenvalue weighted by Gasteiger charge is 2.16. The van der Waals surface area contributed by atoms with Crippen molar-refractivity contribution in [3.8, 4) is 0 Å². The summed E-state index contributed by atoms with van der Waals surface area (Å²) >= 11 is 0. The van der Waals surface area contributed by atoms with Crippen LogP contribution in [0.2, 0.25) is 0 Å². The van der Waals surface area contributed by atoms with E-state index in [0.717, 1.165) is 16.8 Å². The lowest BCUT2D eigenvalue weighted by Crippen LogP contribution is -2.16. The molecule has 0 atom stereocenters. The predicted octanol–water partition coefficient (Wildman–Crippen LogP) is 4.51. The van der Waals surface area contributed by atoms with E-state index in [1.807, 2.05) is 32.0 Å². The first-order valence-electron chi connectivity index (χ1n) is 8.97. The maximum absolute atomic E-state index is 12.4. The molecule has 0 saturated heterocycles. The molecule has 3 aromatic rings. The van der Waals surface area contributed by atoms with Gasteiger partial charge in [-0.25, -0.2) is 4.79 Å². The van der Waals surface area contributed by atoms with Crippen LogP contribution in [0.25, 0.3) is 0 Å². The van der Waals surface area contributed by atoms with Gasteiger partial charge in [-0.1, -0.05) is 18.2 Å². The molecular formula is C23H20N2O4. The molecule has 0 aliphatic carbocycles. The van der Waals surface area contributed by atoms with E-state index in [1.54, 1.807) is 36.4 Å². The smallest absolute Gasteiger partial charge is 0.336 e. The summed E-state index contributed by atoms with van der Waals surface area (Å²) in [6.45, 7) is 3.92. The van der Waals surface area contributed by atoms with E-state index in [0.29, 0.717) is 11.3 Å². The molecule has 3 N–H and O–H groups in total. The number of aromatic carboxylic acids is 1. The van der Waals surface area contributed by atoms with E-state index < -0.39 is 11.9 Å². The van der Waals surface area contributed by atoms with Crippen molar-refractivity contribution in [3.05, 3.63) is 94.5 Å². The molecule has 146 valence electrons. The molecule has 0 bridgehead atoms. The Morgan fingerprint density at radius 1 is 0.690 bits per heavy atom. The SMILES string of the molecule is Cc1cc(C)cc(NC(=O)c2ccc(NC(=O)c3ccccc3C(=O)O)cc2)c1. The van der Waals surface area contributed by atoms with Gasteiger partial charge in [-0.05, 0) is 73.5 Å². The zero-order valence-corrected chi connectivity index (χ0v) is 16.0. The third kappa shape index (κ3) is 4.87. The summed E-state index contributed by atoms with van der Waals surface area (Å²) in [6, 6.07) is 18.2. The van der Waals surface area contributed by atoms with Crippen LogP contribution in [0.15, 0.2) is 66.7 Å². The Balaban J connectivity index is 1.71. The minimum absolute atomic E-state index is 0.0663. The van der Waals surface area contributed by atoms with Crippen molar-refractivity contribution in [2.45, 2.75) is 13.8 Å². The number of carboxylic acid groups (broad SMARTS) is 1. The van der Waals surface area contributed by atoms with Gasteiger partial charge in [0.25, 0.3) is 11.8 Å². The number of anilines is 2. The number of amides is 2. The fourth-order valence-corrected chi connectivity index (χ4v) is 3.02. The van der Waals surface area contributed by atoms with Crippen molar-refractivity contribution < 1.29 is 19.5 Å². The Bertz CT molecular complexity index is 1070. The van der Waals surface area contributed by atoms with Gasteiger partial charge in [0, 0.05) is 16.9 Å². The number of carboxylic acids is 1. The maximum atomic E-state index is 12.4. The lowest BCUT2D eigenvalue weighted by atomic mass is 10.1. The highest BCUT2D eigenvalue weighted by Crippen LogP contribution is 2.17. The van der Waals surface area contributed by atoms with Gasteiger partial charge in [0.15, 0.2) is 0 Å². The summed E-state index contributed by atoms with van der Waals surface area (Å²) in [6.07, 6.45) is 0. The summed E-state index contributed by atoms with van der Waals surface area (Å²) in [5.41, 5.74) is 3.72. The van der Waals surface area contributed by atoms with Crippen LogP contribution < -0.4 is 10.6 Å². The van der Waals surface area contributed by atoms with Crippen molar-refractivity contribution in [1.82, 2.24) is 0 Å². The maximum Gasteiger partial charge on any atom is 0.336 e. The predicted molar refractivity (Wildman–Crippen MR) is 112 cm³/mol. The molecule has 0 radical (unpaired) electrons. The van der Waals surface area contributed by atoms with Crippen molar-refractivity contribution >= 4 is 29.2 Å². The topological polar surface area (TPSA) is 95.5 Å². The highest BCUT2D eigenvalue weighted by atomic mass is 16.4. The van der Waals surface area contributed by atoms with Crippen LogP contribution in [0, 0.1) is 13.8 Å². The molecule has 6 heteroatoms. The zero-order chi connectivity index (χ0) is 21.0. The van der Waals surface area contributed by atoms with Crippen molar-refractivity contribution in [2.24, 2.45) is 0 Å². The van der Waals surface area contributed by atoms with E-state index in [2.05, 4.69) is 10.6 Å². The lowest BCUT2D eigenvalue weighted by Gasteiger charge is -2.10. The molecule has 0 aliphatic heterocycles. The van der Waals surface area contributed by atoms with Crippen LogP contribution in [-0.4, -0.2) is 22.9 Å². The van der Waals surface area contributed by atoms with Gasteiger partial charge in [-0.2, -0.15) is 0 Å². The number of carbonyl (C=O) groups is 3. The standard InChI is InChI=1S/C23H20N2O4/c1-14-11-15(2)13-18(12-14)25-21(26)16-7-9-17(10-8-16)24-22(27)19-5-3-4-6-20(19)23(28)29/h3-13H,1-2H3,(H,24,27)(H,25,26)(H,28,29). The third-order valence-electron chi connectivity index (χ3n) is 4.29. The highest BCUT2D eigenvalue weighted by molar-refractivity contribution is 6.11. The second-order valence-corrected chi connectivity index (χ2v) is 6.71. The summed E-state index contributed by atoms with van der Waals surface area (Å²) in [4.78, 5) is 36.1. The molecule has 0 aromatic heterocycles. The summed E-state index contributed by atoms with van der Waals surface area (Å²) < 4.78 is 0. The lowest BCUT2D eigenvalue weighted by molar-refractivity contribution is 0.0692. The van der Waals surface area contributed by atoms with E-state index in [4.69, 9.17) is 0 Å². The molecule has 3 rings (SSSR count). The number of benzene rings is 3. The first-order valence-corrected chi connectivity index (χ1v) is 8.97. The van der Waals surface area contributed by atoms with Gasteiger partial charge < -0.3 is 15.7 Å². The fraction of sp³-hybridized carbons (Fsp3) is 0.0870. The van der Waals surface area contributed by atoms with Gasteiger partial charge in [0.05, 0.1) is 11.1 Å². The summed E-state index contributed by atoms with van der Waals surface area (Å²) in [5.74, 6) is -1.96. The first kappa shape index (κ1) is 19.8. The molecule has 0 fully saturated rings. The number of carbonyl (C=O) groups excluding carboxylic acids is 2. The molecule has 0 saturated carbocycles. The average molecular weight is 388 g/mol. The van der Waals surface area contributed by atoms with Crippen LogP contribution >= 0.6 is 0 Å². The van der Waals surface area contributed by atoms with Crippen LogP contribution in [0.3, 0.4) is 0 Å². The van der Waals surface area contributed by atoms with Gasteiger partial charge in [0.1, 0.15) is 0 Å². The van der Waals surface area contributed by atoms with Crippen LogP contribution in [0.4, 0.5) is 11.4 Å². The average Bonchev–Trinajstić information content (AvgIpc) is 2.67. The molecule has 3 aromatic carbocycles. The van der Waals surface area contributed by atoms with Crippen molar-refractivity contribution in [2.75, 3.05) is 10.6 Å². The van der Waals surface area contributed by atoms with E-state index in [9.17, 15) is 19.5 Å². The molecule has 0 unspecified atom stereocenters. The van der Waals surface area contributed by atoms with Gasteiger partial charge in [-0.15, -0.1) is 0 Å². The van der Waals surface area contributed by atoms with Gasteiger partial charge in [0.2, 0.25) is 0 Å². The molecule has 0 aliphatic rings. The number of nitrogens with one attached hydrogen (secondary N) is 2. The summed E-state index contributed by atoms with van der Waals surface area (Å²) in [5, 5.41) is 14.7. The van der Waals surface area contributed by atoms with Gasteiger partial charge in [-0.3, -0.25) is 9.59 Å². The Hall–Kier alpha value is -3.93. The van der Waals surface area contributed by atoms with Crippen molar-refractivity contribution in [1.29, 1.82) is 0 Å². The molecule has 6 nitrogen and oxygen atoms in total. The van der Waals surface area contributed by atoms with Crippen molar-refractivity contribution in [3.63, 3.8) is 0 Å². The third-order valence-corrected chi connectivity index (χ3v) is 4.29. The van der Waals surface area contributed by atoms with E-state index >= 15 is 0 Å². The Morgan fingerprint density at radius 2 is 1.24 bits per heavy atom. The molecule has 0 spiro atoms. The monoisotopic (exact) mass is 388 g/mol. The first-order chi connectivity index (χ1) is 13.8. The zero-order valence-electron chi connectivity index (χ0n) is 16.0. The molecule has 29 heavy (non-hydrogen) atoms. The second kappa shape index (κ2) is 8.39. The quantitative estimate of drug-likeness (QED) is 0.599. The Kier molecular flexibility index (Phi) is 5.74. The minimum Gasteiger partial charge on any atom is -0.478 e. The minimum atomic E-state index is -1.17. The number of rotatable bonds is 5.